The second kappa shape index (κ2) is 8.22. The summed E-state index contributed by atoms with van der Waals surface area (Å²) in [5.74, 6) is 1.09. The number of amides is 2. The van der Waals surface area contributed by atoms with Crippen molar-refractivity contribution in [1.82, 2.24) is 0 Å². The Bertz CT molecular complexity index is 833. The maximum atomic E-state index is 12.7. The highest BCUT2D eigenvalue weighted by atomic mass is 16.5. The molecule has 2 aromatic rings. The molecule has 0 radical (unpaired) electrons. The average Bonchev–Trinajstić information content (AvgIpc) is 2.96. The Morgan fingerprint density at radius 1 is 1.04 bits per heavy atom. The predicted molar refractivity (Wildman–Crippen MR) is 102 cm³/mol. The number of carbonyl (C=O) groups is 2. The highest BCUT2D eigenvalue weighted by Gasteiger charge is 2.41. The van der Waals surface area contributed by atoms with E-state index in [0.29, 0.717) is 23.7 Å². The molecule has 1 aliphatic heterocycles. The van der Waals surface area contributed by atoms with Gasteiger partial charge in [0.2, 0.25) is 5.91 Å². The number of carbonyl (C=O) groups excluding carboxylic acids is 2. The smallest absolute Gasteiger partial charge is 0.292 e. The van der Waals surface area contributed by atoms with Gasteiger partial charge in [-0.15, -0.1) is 0 Å². The first kappa shape index (κ1) is 18.9. The van der Waals surface area contributed by atoms with Crippen molar-refractivity contribution in [3.8, 4) is 11.5 Å². The number of ether oxygens (including phenoxy) is 2. The van der Waals surface area contributed by atoms with Crippen LogP contribution in [-0.4, -0.2) is 38.6 Å². The van der Waals surface area contributed by atoms with E-state index in [1.165, 1.54) is 4.90 Å². The van der Waals surface area contributed by atoms with E-state index >= 15 is 0 Å². The molecule has 0 saturated carbocycles. The van der Waals surface area contributed by atoms with E-state index in [1.807, 2.05) is 54.7 Å². The lowest BCUT2D eigenvalue weighted by Crippen LogP contribution is -2.92. The highest BCUT2D eigenvalue weighted by molar-refractivity contribution is 6.21. The van der Waals surface area contributed by atoms with Crippen LogP contribution in [0.2, 0.25) is 0 Å². The number of nitrogens with zero attached hydrogens (tertiary/aromatic N) is 1. The van der Waals surface area contributed by atoms with Crippen molar-refractivity contribution < 1.29 is 24.4 Å². The predicted octanol–water partition coefficient (Wildman–Crippen LogP) is 1.45. The fourth-order valence-corrected chi connectivity index (χ4v) is 3.29. The molecule has 2 N–H and O–H groups in total. The molecule has 1 heterocycles. The fraction of sp³-hybridized carbons (Fsp3) is 0.333. The van der Waals surface area contributed by atoms with Gasteiger partial charge in [-0.3, -0.25) is 9.59 Å². The fourth-order valence-electron chi connectivity index (χ4n) is 3.29. The van der Waals surface area contributed by atoms with Gasteiger partial charge in [-0.2, -0.15) is 0 Å². The standard InChI is InChI=1S/C21H24N2O4/c1-14-4-7-16(8-5-14)23-20(24)13-17(21(23)25)22-11-10-15-6-9-18(26-2)19(12-15)27-3/h4-9,12,17,22H,10-11,13H2,1-3H3/p+1. The van der Waals surface area contributed by atoms with Gasteiger partial charge in [0, 0.05) is 6.42 Å². The summed E-state index contributed by atoms with van der Waals surface area (Å²) < 4.78 is 10.6. The molecule has 2 aromatic carbocycles. The lowest BCUT2D eigenvalue weighted by molar-refractivity contribution is -0.674. The monoisotopic (exact) mass is 369 g/mol. The van der Waals surface area contributed by atoms with Crippen LogP contribution in [0.5, 0.6) is 11.5 Å². The number of anilines is 1. The van der Waals surface area contributed by atoms with Gasteiger partial charge in [-0.25, -0.2) is 4.90 Å². The zero-order valence-corrected chi connectivity index (χ0v) is 15.9. The minimum absolute atomic E-state index is 0.142. The first-order chi connectivity index (χ1) is 13.0. The minimum atomic E-state index is -0.362. The van der Waals surface area contributed by atoms with Crippen molar-refractivity contribution in [2.45, 2.75) is 25.8 Å². The van der Waals surface area contributed by atoms with Crippen molar-refractivity contribution >= 4 is 17.5 Å². The van der Waals surface area contributed by atoms with Crippen molar-refractivity contribution in [1.29, 1.82) is 0 Å². The summed E-state index contributed by atoms with van der Waals surface area (Å²) in [6, 6.07) is 12.9. The topological polar surface area (TPSA) is 72.5 Å². The highest BCUT2D eigenvalue weighted by Crippen LogP contribution is 2.27. The molecule has 0 bridgehead atoms. The molecule has 6 heteroatoms. The quantitative estimate of drug-likeness (QED) is 0.750. The first-order valence-corrected chi connectivity index (χ1v) is 9.01. The molecule has 0 aliphatic carbocycles. The number of quaternary nitrogens is 1. The van der Waals surface area contributed by atoms with Crippen LogP contribution in [0.25, 0.3) is 0 Å². The van der Waals surface area contributed by atoms with E-state index in [2.05, 4.69) is 0 Å². The van der Waals surface area contributed by atoms with Crippen LogP contribution in [0.1, 0.15) is 17.5 Å². The number of aryl methyl sites for hydroxylation is 1. The molecule has 0 spiro atoms. The molecule has 3 rings (SSSR count). The van der Waals surface area contributed by atoms with Crippen molar-refractivity contribution in [2.75, 3.05) is 25.7 Å². The van der Waals surface area contributed by atoms with Gasteiger partial charge in [0.25, 0.3) is 5.91 Å². The Labute approximate surface area is 159 Å². The molecular weight excluding hydrogens is 344 g/mol. The van der Waals surface area contributed by atoms with Crippen LogP contribution in [0, 0.1) is 6.92 Å². The number of methoxy groups -OCH3 is 2. The third-order valence-electron chi connectivity index (χ3n) is 4.81. The van der Waals surface area contributed by atoms with E-state index in [1.54, 1.807) is 14.2 Å². The maximum Gasteiger partial charge on any atom is 0.292 e. The van der Waals surface area contributed by atoms with Crippen molar-refractivity contribution in [3.05, 3.63) is 53.6 Å². The summed E-state index contributed by atoms with van der Waals surface area (Å²) in [7, 11) is 3.21. The minimum Gasteiger partial charge on any atom is -0.493 e. The summed E-state index contributed by atoms with van der Waals surface area (Å²) in [5, 5.41) is 1.95. The second-order valence-corrected chi connectivity index (χ2v) is 6.68. The summed E-state index contributed by atoms with van der Waals surface area (Å²) in [6.45, 7) is 2.68. The zero-order chi connectivity index (χ0) is 19.4. The lowest BCUT2D eigenvalue weighted by Gasteiger charge is -2.14. The van der Waals surface area contributed by atoms with E-state index in [0.717, 1.165) is 17.5 Å². The molecule has 6 nitrogen and oxygen atoms in total. The Morgan fingerprint density at radius 2 is 1.74 bits per heavy atom. The summed E-state index contributed by atoms with van der Waals surface area (Å²) >= 11 is 0. The van der Waals surface area contributed by atoms with Crippen LogP contribution >= 0.6 is 0 Å². The second-order valence-electron chi connectivity index (χ2n) is 6.68. The van der Waals surface area contributed by atoms with Crippen LogP contribution in [-0.2, 0) is 16.0 Å². The average molecular weight is 369 g/mol. The summed E-state index contributed by atoms with van der Waals surface area (Å²) in [5.41, 5.74) is 2.83. The van der Waals surface area contributed by atoms with Crippen molar-refractivity contribution in [2.24, 2.45) is 0 Å². The van der Waals surface area contributed by atoms with E-state index in [9.17, 15) is 9.59 Å². The molecule has 1 aliphatic rings. The molecule has 142 valence electrons. The summed E-state index contributed by atoms with van der Waals surface area (Å²) in [4.78, 5) is 26.3. The van der Waals surface area contributed by atoms with Gasteiger partial charge in [-0.1, -0.05) is 23.8 Å². The van der Waals surface area contributed by atoms with Crippen molar-refractivity contribution in [3.63, 3.8) is 0 Å². The lowest BCUT2D eigenvalue weighted by atomic mass is 10.1. The Balaban J connectivity index is 1.60. The van der Waals surface area contributed by atoms with E-state index < -0.39 is 0 Å². The van der Waals surface area contributed by atoms with Gasteiger partial charge >= 0.3 is 0 Å². The Morgan fingerprint density at radius 3 is 2.41 bits per heavy atom. The molecule has 2 amide bonds. The van der Waals surface area contributed by atoms with Crippen LogP contribution < -0.4 is 19.7 Å². The van der Waals surface area contributed by atoms with Gasteiger partial charge < -0.3 is 14.8 Å². The molecular formula is C21H25N2O4+. The molecule has 1 unspecified atom stereocenters. The summed E-state index contributed by atoms with van der Waals surface area (Å²) in [6.07, 6.45) is 1.00. The van der Waals surface area contributed by atoms with Crippen LogP contribution in [0.3, 0.4) is 0 Å². The molecule has 27 heavy (non-hydrogen) atoms. The Hall–Kier alpha value is -2.86. The van der Waals surface area contributed by atoms with Gasteiger partial charge in [0.05, 0.1) is 32.9 Å². The zero-order valence-electron chi connectivity index (χ0n) is 15.9. The first-order valence-electron chi connectivity index (χ1n) is 9.01. The van der Waals surface area contributed by atoms with Gasteiger partial charge in [-0.05, 0) is 36.8 Å². The van der Waals surface area contributed by atoms with E-state index in [-0.39, 0.29) is 24.3 Å². The SMILES string of the molecule is COc1ccc(CC[NH2+]C2CC(=O)N(c3ccc(C)cc3)C2=O)cc1OC. The third-order valence-corrected chi connectivity index (χ3v) is 4.81. The number of nitrogens with two attached hydrogens (primary N) is 1. The largest absolute Gasteiger partial charge is 0.493 e. The molecule has 1 atom stereocenters. The van der Waals surface area contributed by atoms with Crippen LogP contribution in [0.15, 0.2) is 42.5 Å². The third kappa shape index (κ3) is 4.11. The van der Waals surface area contributed by atoms with E-state index in [4.69, 9.17) is 9.47 Å². The molecule has 0 aromatic heterocycles. The maximum absolute atomic E-state index is 12.7. The normalized spacial score (nSPS) is 16.7. The van der Waals surface area contributed by atoms with Gasteiger partial charge in [0.1, 0.15) is 0 Å². The van der Waals surface area contributed by atoms with Gasteiger partial charge in [0.15, 0.2) is 17.5 Å². The van der Waals surface area contributed by atoms with Crippen LogP contribution in [0.4, 0.5) is 5.69 Å². The number of hydrogen-bond acceptors (Lipinski definition) is 4. The molecule has 1 fully saturated rings. The molecule has 1 saturated heterocycles. The number of hydrogen-bond donors (Lipinski definition) is 1. The number of benzene rings is 2. The Kier molecular flexibility index (Phi) is 5.76. The number of imide groups is 1. The number of rotatable bonds is 7.